The van der Waals surface area contributed by atoms with Crippen LogP contribution >= 0.6 is 11.6 Å². The van der Waals surface area contributed by atoms with Gasteiger partial charge in [-0.25, -0.2) is 4.79 Å². The molecule has 0 saturated carbocycles. The summed E-state index contributed by atoms with van der Waals surface area (Å²) in [7, 11) is 0. The molecule has 3 rings (SSSR count). The fourth-order valence-electron chi connectivity index (χ4n) is 2.67. The first-order valence-electron chi connectivity index (χ1n) is 8.05. The van der Waals surface area contributed by atoms with Crippen molar-refractivity contribution in [3.05, 3.63) is 80.7 Å². The summed E-state index contributed by atoms with van der Waals surface area (Å²) in [6.07, 6.45) is 0. The van der Waals surface area contributed by atoms with E-state index in [1.165, 1.54) is 6.07 Å². The van der Waals surface area contributed by atoms with E-state index in [9.17, 15) is 9.59 Å². The summed E-state index contributed by atoms with van der Waals surface area (Å²) in [6.45, 7) is 4.41. The number of carbonyl (C=O) groups is 1. The smallest absolute Gasteiger partial charge is 0.336 e. The van der Waals surface area contributed by atoms with E-state index in [1.54, 1.807) is 30.3 Å². The standard InChI is InChI=1S/C20H18ClNO3/c1-12(2)13-7-8-18-16(9-13)14(10-19(23)25-18)11-22-20(24)15-5-3-4-6-17(15)21/h3-10,12H,11H2,1-2H3,(H,22,24). The molecule has 0 saturated heterocycles. The first-order chi connectivity index (χ1) is 12.0. The summed E-state index contributed by atoms with van der Waals surface area (Å²) in [6, 6.07) is 14.0. The Morgan fingerprint density at radius 3 is 2.64 bits per heavy atom. The monoisotopic (exact) mass is 355 g/mol. The number of halogens is 1. The Balaban J connectivity index is 1.92. The number of hydrogen-bond acceptors (Lipinski definition) is 3. The van der Waals surface area contributed by atoms with Gasteiger partial charge in [0.15, 0.2) is 0 Å². The number of fused-ring (bicyclic) bond motifs is 1. The topological polar surface area (TPSA) is 59.3 Å². The van der Waals surface area contributed by atoms with E-state index in [4.69, 9.17) is 16.0 Å². The predicted molar refractivity (Wildman–Crippen MR) is 99.2 cm³/mol. The zero-order valence-corrected chi connectivity index (χ0v) is 14.8. The maximum atomic E-state index is 12.3. The Kier molecular flexibility index (Phi) is 4.91. The van der Waals surface area contributed by atoms with Crippen LogP contribution in [0, 0.1) is 0 Å². The molecule has 1 heterocycles. The number of carbonyl (C=O) groups excluding carboxylic acids is 1. The maximum Gasteiger partial charge on any atom is 0.336 e. The summed E-state index contributed by atoms with van der Waals surface area (Å²) in [5.74, 6) is 0.0638. The third-order valence-electron chi connectivity index (χ3n) is 4.08. The molecule has 2 aromatic carbocycles. The van der Waals surface area contributed by atoms with Crippen molar-refractivity contribution in [2.45, 2.75) is 26.3 Å². The average molecular weight is 356 g/mol. The van der Waals surface area contributed by atoms with Gasteiger partial charge in [0.05, 0.1) is 10.6 Å². The van der Waals surface area contributed by atoms with Gasteiger partial charge >= 0.3 is 5.63 Å². The van der Waals surface area contributed by atoms with Crippen LogP contribution in [-0.4, -0.2) is 5.91 Å². The van der Waals surface area contributed by atoms with Gasteiger partial charge in [-0.15, -0.1) is 0 Å². The summed E-state index contributed by atoms with van der Waals surface area (Å²) < 4.78 is 5.26. The molecule has 4 nitrogen and oxygen atoms in total. The lowest BCUT2D eigenvalue weighted by molar-refractivity contribution is 0.0951. The Hall–Kier alpha value is -2.59. The lowest BCUT2D eigenvalue weighted by atomic mass is 9.99. The molecule has 0 aliphatic heterocycles. The molecule has 128 valence electrons. The minimum Gasteiger partial charge on any atom is -0.423 e. The van der Waals surface area contributed by atoms with E-state index < -0.39 is 5.63 Å². The second-order valence-electron chi connectivity index (χ2n) is 6.16. The SMILES string of the molecule is CC(C)c1ccc2oc(=O)cc(CNC(=O)c3ccccc3Cl)c2c1. The molecule has 1 amide bonds. The Morgan fingerprint density at radius 1 is 1.16 bits per heavy atom. The molecule has 0 fully saturated rings. The second-order valence-corrected chi connectivity index (χ2v) is 6.57. The van der Waals surface area contributed by atoms with Gasteiger partial charge in [-0.05, 0) is 41.3 Å². The molecule has 0 unspecified atom stereocenters. The lowest BCUT2D eigenvalue weighted by Gasteiger charge is -2.11. The normalized spacial score (nSPS) is 11.0. The fraction of sp³-hybridized carbons (Fsp3) is 0.200. The molecule has 0 bridgehead atoms. The molecule has 0 spiro atoms. The van der Waals surface area contributed by atoms with Crippen molar-refractivity contribution in [2.75, 3.05) is 0 Å². The quantitative estimate of drug-likeness (QED) is 0.701. The molecular formula is C20H18ClNO3. The van der Waals surface area contributed by atoms with Crippen LogP contribution in [0.15, 0.2) is 57.7 Å². The van der Waals surface area contributed by atoms with Crippen molar-refractivity contribution >= 4 is 28.5 Å². The highest BCUT2D eigenvalue weighted by atomic mass is 35.5. The van der Waals surface area contributed by atoms with Crippen molar-refractivity contribution in [2.24, 2.45) is 0 Å². The predicted octanol–water partition coefficient (Wildman–Crippen LogP) is 4.50. The van der Waals surface area contributed by atoms with Gasteiger partial charge in [-0.1, -0.05) is 43.6 Å². The molecule has 0 aliphatic carbocycles. The zero-order valence-electron chi connectivity index (χ0n) is 14.0. The highest BCUT2D eigenvalue weighted by molar-refractivity contribution is 6.33. The van der Waals surface area contributed by atoms with Gasteiger partial charge in [0, 0.05) is 18.0 Å². The number of hydrogen-bond donors (Lipinski definition) is 1. The van der Waals surface area contributed by atoms with Gasteiger partial charge in [-0.3, -0.25) is 4.79 Å². The van der Waals surface area contributed by atoms with E-state index in [-0.39, 0.29) is 12.5 Å². The Morgan fingerprint density at radius 2 is 1.92 bits per heavy atom. The van der Waals surface area contributed by atoms with Crippen molar-refractivity contribution in [3.63, 3.8) is 0 Å². The molecule has 3 aromatic rings. The number of rotatable bonds is 4. The molecule has 5 heteroatoms. The summed E-state index contributed by atoms with van der Waals surface area (Å²) >= 11 is 6.05. The number of benzene rings is 2. The molecule has 1 N–H and O–H groups in total. The number of nitrogens with one attached hydrogen (secondary N) is 1. The molecule has 0 aliphatic rings. The third kappa shape index (κ3) is 3.74. The fourth-order valence-corrected chi connectivity index (χ4v) is 2.89. The molecule has 1 aromatic heterocycles. The van der Waals surface area contributed by atoms with Gasteiger partial charge in [0.25, 0.3) is 5.91 Å². The van der Waals surface area contributed by atoms with E-state index in [0.29, 0.717) is 27.7 Å². The molecule has 0 atom stereocenters. The van der Waals surface area contributed by atoms with Crippen LogP contribution in [0.5, 0.6) is 0 Å². The van der Waals surface area contributed by atoms with Crippen molar-refractivity contribution < 1.29 is 9.21 Å². The lowest BCUT2D eigenvalue weighted by Crippen LogP contribution is -2.23. The first-order valence-corrected chi connectivity index (χ1v) is 8.43. The van der Waals surface area contributed by atoms with Gasteiger partial charge in [-0.2, -0.15) is 0 Å². The average Bonchev–Trinajstić information content (AvgIpc) is 2.59. The van der Waals surface area contributed by atoms with Crippen LogP contribution in [0.1, 0.15) is 41.3 Å². The minimum absolute atomic E-state index is 0.216. The summed E-state index contributed by atoms with van der Waals surface area (Å²) in [5, 5.41) is 4.03. The van der Waals surface area contributed by atoms with Gasteiger partial charge in [0.2, 0.25) is 0 Å². The van der Waals surface area contributed by atoms with Gasteiger partial charge < -0.3 is 9.73 Å². The van der Waals surface area contributed by atoms with Gasteiger partial charge in [0.1, 0.15) is 5.58 Å². The molecule has 0 radical (unpaired) electrons. The Bertz CT molecular complexity index is 992. The first kappa shape index (κ1) is 17.2. The van der Waals surface area contributed by atoms with Crippen LogP contribution in [0.4, 0.5) is 0 Å². The third-order valence-corrected chi connectivity index (χ3v) is 4.41. The largest absolute Gasteiger partial charge is 0.423 e. The molecule has 25 heavy (non-hydrogen) atoms. The van der Waals surface area contributed by atoms with Crippen molar-refractivity contribution in [3.8, 4) is 0 Å². The van der Waals surface area contributed by atoms with Crippen LogP contribution in [0.3, 0.4) is 0 Å². The molecular weight excluding hydrogens is 338 g/mol. The zero-order chi connectivity index (χ0) is 18.0. The van der Waals surface area contributed by atoms with E-state index in [0.717, 1.165) is 10.9 Å². The van der Waals surface area contributed by atoms with Crippen LogP contribution in [-0.2, 0) is 6.54 Å². The summed E-state index contributed by atoms with van der Waals surface area (Å²) in [4.78, 5) is 24.1. The van der Waals surface area contributed by atoms with E-state index in [2.05, 4.69) is 19.2 Å². The van der Waals surface area contributed by atoms with Crippen LogP contribution in [0.25, 0.3) is 11.0 Å². The Labute approximate surface area is 150 Å². The summed E-state index contributed by atoms with van der Waals surface area (Å²) in [5.41, 5.74) is 2.33. The van der Waals surface area contributed by atoms with E-state index in [1.807, 2.05) is 12.1 Å². The second kappa shape index (κ2) is 7.11. The van der Waals surface area contributed by atoms with Crippen molar-refractivity contribution in [1.82, 2.24) is 5.32 Å². The highest BCUT2D eigenvalue weighted by Gasteiger charge is 2.12. The maximum absolute atomic E-state index is 12.3. The van der Waals surface area contributed by atoms with Crippen LogP contribution < -0.4 is 10.9 Å². The number of amides is 1. The van der Waals surface area contributed by atoms with E-state index >= 15 is 0 Å². The van der Waals surface area contributed by atoms with Crippen molar-refractivity contribution in [1.29, 1.82) is 0 Å². The van der Waals surface area contributed by atoms with Crippen LogP contribution in [0.2, 0.25) is 5.02 Å². The minimum atomic E-state index is -0.438. The highest BCUT2D eigenvalue weighted by Crippen LogP contribution is 2.23.